The number of amides is 2. The minimum Gasteiger partial charge on any atom is -0.424 e. The lowest BCUT2D eigenvalue weighted by molar-refractivity contribution is -0.317. The highest BCUT2D eigenvalue weighted by atomic mass is 79.9. The number of anilines is 1. The molecule has 1 heterocycles. The van der Waals surface area contributed by atoms with Crippen LogP contribution >= 0.6 is 27.5 Å². The molecule has 0 fully saturated rings. The van der Waals surface area contributed by atoms with Crippen molar-refractivity contribution < 1.29 is 27.4 Å². The molecule has 2 N–H and O–H groups in total. The fraction of sp³-hybridized carbons (Fsp3) is 0.133. The molecule has 0 aliphatic carbocycles. The quantitative estimate of drug-likeness (QED) is 0.702. The molecule has 0 spiro atoms. The van der Waals surface area contributed by atoms with Crippen molar-refractivity contribution in [3.8, 4) is 11.5 Å². The molecular formula is C15H9BrClF3N2O3. The maximum atomic E-state index is 13.5. The van der Waals surface area contributed by atoms with Gasteiger partial charge in [-0.05, 0) is 36.4 Å². The number of alkyl halides is 3. The van der Waals surface area contributed by atoms with E-state index in [2.05, 4.69) is 21.2 Å². The van der Waals surface area contributed by atoms with Gasteiger partial charge in [-0.25, -0.2) is 4.79 Å². The van der Waals surface area contributed by atoms with Crippen molar-refractivity contribution in [3.63, 3.8) is 0 Å². The zero-order chi connectivity index (χ0) is 18.2. The molecule has 2 aromatic carbocycles. The Morgan fingerprint density at radius 2 is 1.72 bits per heavy atom. The van der Waals surface area contributed by atoms with Crippen molar-refractivity contribution in [3.05, 3.63) is 52.0 Å². The van der Waals surface area contributed by atoms with Crippen LogP contribution in [0.2, 0.25) is 5.02 Å². The van der Waals surface area contributed by atoms with Crippen molar-refractivity contribution in [2.24, 2.45) is 0 Å². The Morgan fingerprint density at radius 3 is 2.36 bits per heavy atom. The van der Waals surface area contributed by atoms with Gasteiger partial charge in [0.1, 0.15) is 0 Å². The summed E-state index contributed by atoms with van der Waals surface area (Å²) in [6, 6.07) is 8.84. The van der Waals surface area contributed by atoms with Gasteiger partial charge in [-0.2, -0.15) is 13.2 Å². The lowest BCUT2D eigenvalue weighted by atomic mass is 10.3. The summed E-state index contributed by atoms with van der Waals surface area (Å²) >= 11 is 8.95. The first-order chi connectivity index (χ1) is 11.7. The molecule has 5 nitrogen and oxygen atoms in total. The Hall–Kier alpha value is -2.13. The third-order valence-electron chi connectivity index (χ3n) is 3.17. The molecular weight excluding hydrogens is 429 g/mol. The average Bonchev–Trinajstić information content (AvgIpc) is 2.87. The number of carbonyl (C=O) groups is 1. The number of rotatable bonds is 2. The first-order valence-electron chi connectivity index (χ1n) is 6.77. The van der Waals surface area contributed by atoms with Gasteiger partial charge in [0.15, 0.2) is 11.5 Å². The van der Waals surface area contributed by atoms with Crippen LogP contribution in [0.3, 0.4) is 0 Å². The molecule has 1 aliphatic rings. The van der Waals surface area contributed by atoms with Gasteiger partial charge in [0.2, 0.25) is 0 Å². The summed E-state index contributed by atoms with van der Waals surface area (Å²) in [7, 11) is 0. The Kier molecular flexibility index (Phi) is 4.46. The second kappa shape index (κ2) is 6.30. The lowest BCUT2D eigenvalue weighted by Gasteiger charge is -2.29. The van der Waals surface area contributed by atoms with Crippen LogP contribution in [-0.4, -0.2) is 18.1 Å². The highest BCUT2D eigenvalue weighted by Crippen LogP contribution is 2.46. The van der Waals surface area contributed by atoms with Crippen LogP contribution in [-0.2, 0) is 0 Å². The van der Waals surface area contributed by atoms with Gasteiger partial charge in [-0.15, -0.1) is 0 Å². The number of hydrogen-bond acceptors (Lipinski definition) is 3. The molecule has 2 amide bonds. The van der Waals surface area contributed by atoms with Gasteiger partial charge < -0.3 is 14.8 Å². The van der Waals surface area contributed by atoms with E-state index in [1.807, 2.05) is 0 Å². The number of benzene rings is 2. The smallest absolute Gasteiger partial charge is 0.424 e. The monoisotopic (exact) mass is 436 g/mol. The molecule has 0 radical (unpaired) electrons. The van der Waals surface area contributed by atoms with Crippen LogP contribution in [0, 0.1) is 0 Å². The second-order valence-electron chi connectivity index (χ2n) is 5.00. The summed E-state index contributed by atoms with van der Waals surface area (Å²) in [5, 5.41) is 4.13. The van der Waals surface area contributed by atoms with Crippen LogP contribution in [0.25, 0.3) is 0 Å². The van der Waals surface area contributed by atoms with E-state index in [9.17, 15) is 18.0 Å². The van der Waals surface area contributed by atoms with Crippen molar-refractivity contribution in [1.82, 2.24) is 5.32 Å². The Labute approximate surface area is 153 Å². The number of urea groups is 1. The summed E-state index contributed by atoms with van der Waals surface area (Å²) in [5.41, 5.74) is 0.289. The van der Waals surface area contributed by atoms with Crippen LogP contribution in [0.4, 0.5) is 23.7 Å². The largest absolute Gasteiger partial charge is 0.492 e. The van der Waals surface area contributed by atoms with Crippen LogP contribution in [0.5, 0.6) is 11.5 Å². The van der Waals surface area contributed by atoms with E-state index in [4.69, 9.17) is 21.1 Å². The van der Waals surface area contributed by atoms with Gasteiger partial charge in [0.05, 0.1) is 0 Å². The van der Waals surface area contributed by atoms with Gasteiger partial charge in [0.25, 0.3) is 0 Å². The molecule has 0 bridgehead atoms. The maximum Gasteiger partial charge on any atom is 0.492 e. The maximum absolute atomic E-state index is 13.5. The second-order valence-corrected chi connectivity index (χ2v) is 6.35. The van der Waals surface area contributed by atoms with E-state index < -0.39 is 18.1 Å². The van der Waals surface area contributed by atoms with E-state index in [0.717, 1.165) is 4.47 Å². The molecule has 0 aromatic heterocycles. The minimum atomic E-state index is -5.05. The van der Waals surface area contributed by atoms with Gasteiger partial charge in [0, 0.05) is 21.2 Å². The standard InChI is InChI=1S/C15H9BrClF3N2O3/c16-8-1-4-10(5-2-8)21-13(23)22-15(14(18,19)20)24-11-6-3-9(17)7-12(11)25-15/h1-7H,(H2,21,22,23)/t15-/m0/s1. The van der Waals surface area contributed by atoms with Crippen molar-refractivity contribution in [2.45, 2.75) is 12.1 Å². The minimum absolute atomic E-state index is 0.166. The third-order valence-corrected chi connectivity index (χ3v) is 3.93. The van der Waals surface area contributed by atoms with Crippen molar-refractivity contribution in [2.75, 3.05) is 5.32 Å². The highest BCUT2D eigenvalue weighted by molar-refractivity contribution is 9.10. The van der Waals surface area contributed by atoms with E-state index in [-0.39, 0.29) is 22.2 Å². The summed E-state index contributed by atoms with van der Waals surface area (Å²) in [6.07, 6.45) is -5.05. The predicted octanol–water partition coefficient (Wildman–Crippen LogP) is 4.91. The molecule has 0 unspecified atom stereocenters. The van der Waals surface area contributed by atoms with Gasteiger partial charge in [-0.3, -0.25) is 5.32 Å². The summed E-state index contributed by atoms with van der Waals surface area (Å²) in [4.78, 5) is 12.0. The zero-order valence-corrected chi connectivity index (χ0v) is 14.5. The van der Waals surface area contributed by atoms with Gasteiger partial charge >= 0.3 is 18.1 Å². The van der Waals surface area contributed by atoms with Crippen molar-refractivity contribution >= 4 is 39.2 Å². The zero-order valence-electron chi connectivity index (χ0n) is 12.2. The van der Waals surface area contributed by atoms with E-state index in [1.54, 1.807) is 17.4 Å². The molecule has 1 atom stereocenters. The number of carbonyl (C=O) groups excluding carboxylic acids is 1. The lowest BCUT2D eigenvalue weighted by Crippen LogP contribution is -2.65. The summed E-state index contributed by atoms with van der Waals surface area (Å²) < 4.78 is 51.0. The molecule has 10 heteroatoms. The number of halogens is 5. The van der Waals surface area contributed by atoms with Gasteiger partial charge in [-0.1, -0.05) is 27.5 Å². The first kappa shape index (κ1) is 17.7. The van der Waals surface area contributed by atoms with Crippen LogP contribution < -0.4 is 20.1 Å². The fourth-order valence-electron chi connectivity index (χ4n) is 2.06. The van der Waals surface area contributed by atoms with E-state index >= 15 is 0 Å². The molecule has 0 saturated heterocycles. The summed E-state index contributed by atoms with van der Waals surface area (Å²) in [6.45, 7) is 0. The average molecular weight is 438 g/mol. The molecule has 25 heavy (non-hydrogen) atoms. The molecule has 132 valence electrons. The Morgan fingerprint density at radius 1 is 1.08 bits per heavy atom. The normalized spacial score (nSPS) is 18.8. The number of nitrogens with one attached hydrogen (secondary N) is 2. The molecule has 2 aromatic rings. The topological polar surface area (TPSA) is 59.6 Å². The SMILES string of the molecule is O=C(Nc1ccc(Br)cc1)N[C@@]1(C(F)(F)F)Oc2ccc(Cl)cc2O1. The highest BCUT2D eigenvalue weighted by Gasteiger charge is 2.65. The molecule has 3 rings (SSSR count). The van der Waals surface area contributed by atoms with E-state index in [1.165, 1.54) is 30.3 Å². The van der Waals surface area contributed by atoms with E-state index in [0.29, 0.717) is 0 Å². The van der Waals surface area contributed by atoms with Crippen molar-refractivity contribution in [1.29, 1.82) is 0 Å². The Balaban J connectivity index is 1.81. The summed E-state index contributed by atoms with van der Waals surface area (Å²) in [5.74, 6) is -3.76. The number of fused-ring (bicyclic) bond motifs is 1. The first-order valence-corrected chi connectivity index (χ1v) is 7.95. The molecule has 0 saturated carbocycles. The molecule has 1 aliphatic heterocycles. The van der Waals surface area contributed by atoms with Crippen LogP contribution in [0.15, 0.2) is 46.9 Å². The fourth-order valence-corrected chi connectivity index (χ4v) is 2.49. The van der Waals surface area contributed by atoms with Crippen LogP contribution in [0.1, 0.15) is 0 Å². The number of ether oxygens (including phenoxy) is 2. The Bertz CT molecular complexity index is 817. The number of hydrogen-bond donors (Lipinski definition) is 2. The third kappa shape index (κ3) is 3.62. The predicted molar refractivity (Wildman–Crippen MR) is 87.8 cm³/mol.